The highest BCUT2D eigenvalue weighted by Gasteiger charge is 2.38. The molecule has 22 heavy (non-hydrogen) atoms. The predicted molar refractivity (Wildman–Crippen MR) is 88.2 cm³/mol. The smallest absolute Gasteiger partial charge is 0.142 e. The van der Waals surface area contributed by atoms with Crippen molar-refractivity contribution in [3.8, 4) is 5.75 Å². The summed E-state index contributed by atoms with van der Waals surface area (Å²) < 4.78 is 5.83. The Labute approximate surface area is 131 Å². The van der Waals surface area contributed by atoms with E-state index in [9.17, 15) is 0 Å². The fourth-order valence-corrected chi connectivity index (χ4v) is 3.76. The molecule has 0 saturated heterocycles. The Morgan fingerprint density at radius 1 is 1.27 bits per heavy atom. The molecule has 2 heterocycles. The lowest BCUT2D eigenvalue weighted by Gasteiger charge is -2.38. The van der Waals surface area contributed by atoms with Crippen molar-refractivity contribution < 1.29 is 4.74 Å². The Balaban J connectivity index is 1.80. The number of allylic oxidation sites excluding steroid dienone is 2. The van der Waals surface area contributed by atoms with Gasteiger partial charge in [0.1, 0.15) is 5.75 Å². The summed E-state index contributed by atoms with van der Waals surface area (Å²) in [6.07, 6.45) is 9.57. The third-order valence-corrected chi connectivity index (χ3v) is 4.70. The van der Waals surface area contributed by atoms with Crippen molar-refractivity contribution >= 4 is 5.69 Å². The molecule has 3 atom stereocenters. The number of para-hydroxylation sites is 1. The Bertz CT molecular complexity index is 696. The molecule has 1 aliphatic carbocycles. The maximum Gasteiger partial charge on any atom is 0.142 e. The number of hydrogen-bond acceptors (Lipinski definition) is 3. The summed E-state index contributed by atoms with van der Waals surface area (Å²) in [4.78, 5) is 4.30. The number of ether oxygens (including phenoxy) is 1. The van der Waals surface area contributed by atoms with Gasteiger partial charge in [0.05, 0.1) is 18.3 Å². The number of aromatic nitrogens is 1. The van der Waals surface area contributed by atoms with Crippen molar-refractivity contribution in [1.29, 1.82) is 0 Å². The minimum Gasteiger partial charge on any atom is -0.492 e. The molecule has 2 aliphatic rings. The average molecular weight is 292 g/mol. The first-order chi connectivity index (χ1) is 10.9. The molecule has 0 fully saturated rings. The highest BCUT2D eigenvalue weighted by atomic mass is 16.5. The van der Waals surface area contributed by atoms with Crippen LogP contribution in [0.2, 0.25) is 0 Å². The van der Waals surface area contributed by atoms with Crippen LogP contribution in [-0.2, 0) is 0 Å². The number of fused-ring (bicyclic) bond motifs is 3. The highest BCUT2D eigenvalue weighted by molar-refractivity contribution is 5.67. The first kappa shape index (κ1) is 13.4. The van der Waals surface area contributed by atoms with Crippen molar-refractivity contribution in [2.24, 2.45) is 5.92 Å². The van der Waals surface area contributed by atoms with Crippen LogP contribution in [0.1, 0.15) is 36.4 Å². The van der Waals surface area contributed by atoms with E-state index in [1.165, 1.54) is 11.1 Å². The van der Waals surface area contributed by atoms with Crippen LogP contribution in [0.15, 0.2) is 54.9 Å². The number of anilines is 1. The molecule has 0 spiro atoms. The topological polar surface area (TPSA) is 34.1 Å². The summed E-state index contributed by atoms with van der Waals surface area (Å²) in [6, 6.07) is 10.8. The van der Waals surface area contributed by atoms with E-state index in [-0.39, 0.29) is 6.04 Å². The van der Waals surface area contributed by atoms with E-state index in [1.807, 2.05) is 25.4 Å². The predicted octanol–water partition coefficient (Wildman–Crippen LogP) is 4.31. The zero-order chi connectivity index (χ0) is 14.9. The molecular weight excluding hydrogens is 272 g/mol. The number of nitrogens with zero attached hydrogens (tertiary/aromatic N) is 1. The van der Waals surface area contributed by atoms with Crippen molar-refractivity contribution in [2.75, 3.05) is 11.9 Å². The van der Waals surface area contributed by atoms with Crippen LogP contribution in [-0.4, -0.2) is 11.6 Å². The minimum atomic E-state index is 0.280. The summed E-state index contributed by atoms with van der Waals surface area (Å²) >= 11 is 0. The van der Waals surface area contributed by atoms with Gasteiger partial charge in [0.15, 0.2) is 0 Å². The minimum absolute atomic E-state index is 0.280. The van der Waals surface area contributed by atoms with Gasteiger partial charge < -0.3 is 10.1 Å². The van der Waals surface area contributed by atoms with E-state index in [4.69, 9.17) is 4.74 Å². The zero-order valence-electron chi connectivity index (χ0n) is 12.7. The second-order valence-corrected chi connectivity index (χ2v) is 5.92. The van der Waals surface area contributed by atoms with Crippen LogP contribution in [0.5, 0.6) is 5.75 Å². The van der Waals surface area contributed by atoms with E-state index < -0.39 is 0 Å². The fraction of sp³-hybridized carbons (Fsp3) is 0.316. The molecule has 3 unspecified atom stereocenters. The van der Waals surface area contributed by atoms with Crippen LogP contribution in [0.25, 0.3) is 0 Å². The monoisotopic (exact) mass is 292 g/mol. The molecule has 1 aromatic carbocycles. The maximum absolute atomic E-state index is 5.83. The third kappa shape index (κ3) is 2.08. The lowest BCUT2D eigenvalue weighted by molar-refractivity contribution is 0.337. The normalized spacial score (nSPS) is 25.2. The van der Waals surface area contributed by atoms with E-state index in [0.29, 0.717) is 18.4 Å². The Hall–Kier alpha value is -2.29. The van der Waals surface area contributed by atoms with Crippen LogP contribution in [0.3, 0.4) is 0 Å². The lowest BCUT2D eigenvalue weighted by Crippen LogP contribution is -2.29. The van der Waals surface area contributed by atoms with Gasteiger partial charge in [-0.3, -0.25) is 4.98 Å². The summed E-state index contributed by atoms with van der Waals surface area (Å²) in [6.45, 7) is 2.71. The maximum atomic E-state index is 5.83. The van der Waals surface area contributed by atoms with Gasteiger partial charge in [-0.15, -0.1) is 0 Å². The summed E-state index contributed by atoms with van der Waals surface area (Å²) in [5.74, 6) is 1.96. The van der Waals surface area contributed by atoms with Crippen LogP contribution in [0.4, 0.5) is 5.69 Å². The van der Waals surface area contributed by atoms with Crippen molar-refractivity contribution in [1.82, 2.24) is 4.98 Å². The van der Waals surface area contributed by atoms with Gasteiger partial charge in [-0.05, 0) is 42.5 Å². The number of benzene rings is 1. The number of pyridine rings is 1. The van der Waals surface area contributed by atoms with Gasteiger partial charge >= 0.3 is 0 Å². The highest BCUT2D eigenvalue weighted by Crippen LogP contribution is 2.51. The van der Waals surface area contributed by atoms with Crippen molar-refractivity contribution in [3.63, 3.8) is 0 Å². The lowest BCUT2D eigenvalue weighted by atomic mass is 9.77. The van der Waals surface area contributed by atoms with E-state index in [1.54, 1.807) is 0 Å². The van der Waals surface area contributed by atoms with Gasteiger partial charge in [-0.25, -0.2) is 0 Å². The Morgan fingerprint density at radius 2 is 2.23 bits per heavy atom. The molecule has 1 N–H and O–H groups in total. The standard InChI is InChI=1S/C19H20N2O/c1-2-22-17-10-4-9-16-14-7-3-8-15(14)18(21-19(16)17)13-6-5-11-20-12-13/h3-7,9-12,14-15,18,21H,2,8H2,1H3. The van der Waals surface area contributed by atoms with E-state index in [2.05, 4.69) is 46.7 Å². The molecule has 1 aromatic heterocycles. The molecule has 2 aromatic rings. The SMILES string of the molecule is CCOc1cccc2c1NC(c1cccnc1)C1CC=CC21. The zero-order valence-corrected chi connectivity index (χ0v) is 12.7. The van der Waals surface area contributed by atoms with Gasteiger partial charge in [0, 0.05) is 18.3 Å². The van der Waals surface area contributed by atoms with Crippen molar-refractivity contribution in [3.05, 3.63) is 66.0 Å². The Kier molecular flexibility index (Phi) is 3.34. The first-order valence-electron chi connectivity index (χ1n) is 7.97. The Morgan fingerprint density at radius 3 is 3.05 bits per heavy atom. The molecule has 3 nitrogen and oxygen atoms in total. The molecular formula is C19H20N2O. The van der Waals surface area contributed by atoms with Gasteiger partial charge in [0.25, 0.3) is 0 Å². The van der Waals surface area contributed by atoms with Gasteiger partial charge in [0.2, 0.25) is 0 Å². The molecule has 4 rings (SSSR count). The first-order valence-corrected chi connectivity index (χ1v) is 7.97. The number of rotatable bonds is 3. The second kappa shape index (κ2) is 5.48. The second-order valence-electron chi connectivity index (χ2n) is 5.92. The fourth-order valence-electron chi connectivity index (χ4n) is 3.76. The third-order valence-electron chi connectivity index (χ3n) is 4.70. The van der Waals surface area contributed by atoms with Crippen LogP contribution >= 0.6 is 0 Å². The molecule has 0 amide bonds. The largest absolute Gasteiger partial charge is 0.492 e. The molecule has 0 saturated carbocycles. The summed E-state index contributed by atoms with van der Waals surface area (Å²) in [7, 11) is 0. The summed E-state index contributed by atoms with van der Waals surface area (Å²) in [5.41, 5.74) is 3.74. The number of hydrogen-bond donors (Lipinski definition) is 1. The van der Waals surface area contributed by atoms with Crippen LogP contribution < -0.4 is 10.1 Å². The molecule has 0 radical (unpaired) electrons. The molecule has 0 bridgehead atoms. The van der Waals surface area contributed by atoms with Crippen molar-refractivity contribution in [2.45, 2.75) is 25.3 Å². The van der Waals surface area contributed by atoms with E-state index in [0.717, 1.165) is 17.9 Å². The van der Waals surface area contributed by atoms with E-state index >= 15 is 0 Å². The van der Waals surface area contributed by atoms with Gasteiger partial charge in [-0.1, -0.05) is 30.4 Å². The number of nitrogens with one attached hydrogen (secondary N) is 1. The molecule has 3 heteroatoms. The molecule has 1 aliphatic heterocycles. The molecule has 112 valence electrons. The van der Waals surface area contributed by atoms with Gasteiger partial charge in [-0.2, -0.15) is 0 Å². The summed E-state index contributed by atoms with van der Waals surface area (Å²) in [5, 5.41) is 3.73. The average Bonchev–Trinajstić information content (AvgIpc) is 3.05. The van der Waals surface area contributed by atoms with Crippen LogP contribution in [0, 0.1) is 5.92 Å². The quantitative estimate of drug-likeness (QED) is 0.856.